The summed E-state index contributed by atoms with van der Waals surface area (Å²) >= 11 is 0. The molecule has 2 fully saturated rings. The molecule has 1 aliphatic heterocycles. The topological polar surface area (TPSA) is 75.9 Å². The third-order valence-corrected chi connectivity index (χ3v) is 7.11. The molecular formula is C30H27NO4. The molecule has 0 spiro atoms. The maximum absolute atomic E-state index is 12.4. The Balaban J connectivity index is 1.41. The molecule has 1 aromatic heterocycles. The summed E-state index contributed by atoms with van der Waals surface area (Å²) in [5.41, 5.74) is 7.03. The van der Waals surface area contributed by atoms with E-state index in [1.54, 1.807) is 6.07 Å². The first kappa shape index (κ1) is 21.8. The van der Waals surface area contributed by atoms with Gasteiger partial charge in [-0.2, -0.15) is 0 Å². The number of hydrogen-bond acceptors (Lipinski definition) is 4. The molecule has 4 aromatic rings. The van der Waals surface area contributed by atoms with E-state index in [0.717, 1.165) is 53.6 Å². The highest BCUT2D eigenvalue weighted by molar-refractivity contribution is 5.99. The molecule has 0 bridgehead atoms. The highest BCUT2D eigenvalue weighted by Gasteiger charge is 2.45. The molecule has 2 heterocycles. The van der Waals surface area contributed by atoms with Crippen LogP contribution in [0, 0.1) is 6.92 Å². The third kappa shape index (κ3) is 4.17. The number of carboxylic acid groups (broad SMARTS) is 1. The summed E-state index contributed by atoms with van der Waals surface area (Å²) in [6, 6.07) is 24.2. The van der Waals surface area contributed by atoms with E-state index in [1.165, 1.54) is 5.56 Å². The lowest BCUT2D eigenvalue weighted by Gasteiger charge is -2.17. The summed E-state index contributed by atoms with van der Waals surface area (Å²) in [5, 5.41) is 14.4. The van der Waals surface area contributed by atoms with Gasteiger partial charge in [-0.3, -0.25) is 0 Å². The van der Waals surface area contributed by atoms with Gasteiger partial charge in [-0.25, -0.2) is 4.79 Å². The molecule has 176 valence electrons. The van der Waals surface area contributed by atoms with Gasteiger partial charge < -0.3 is 14.4 Å². The van der Waals surface area contributed by atoms with E-state index in [1.807, 2.05) is 37.3 Å². The quantitative estimate of drug-likeness (QED) is 0.285. The number of epoxide rings is 1. The van der Waals surface area contributed by atoms with Crippen LogP contribution in [-0.2, 0) is 11.2 Å². The second kappa shape index (κ2) is 8.82. The Bertz CT molecular complexity index is 1370. The van der Waals surface area contributed by atoms with Crippen molar-refractivity contribution in [3.05, 3.63) is 101 Å². The molecule has 0 amide bonds. The number of hydrogen-bond donors (Lipinski definition) is 1. The molecule has 2 aliphatic rings. The molecular weight excluding hydrogens is 438 g/mol. The van der Waals surface area contributed by atoms with E-state index in [0.29, 0.717) is 17.2 Å². The largest absolute Gasteiger partial charge is 0.478 e. The van der Waals surface area contributed by atoms with E-state index in [4.69, 9.17) is 9.26 Å². The lowest BCUT2D eigenvalue weighted by molar-refractivity contribution is 0.0697. The summed E-state index contributed by atoms with van der Waals surface area (Å²) in [6.45, 7) is 1.91. The van der Waals surface area contributed by atoms with Crippen LogP contribution in [-0.4, -0.2) is 22.3 Å². The zero-order valence-corrected chi connectivity index (χ0v) is 19.6. The van der Waals surface area contributed by atoms with Crippen LogP contribution in [0.5, 0.6) is 0 Å². The van der Waals surface area contributed by atoms with E-state index < -0.39 is 5.97 Å². The molecule has 2 unspecified atom stereocenters. The van der Waals surface area contributed by atoms with E-state index in [-0.39, 0.29) is 17.8 Å². The van der Waals surface area contributed by atoms with Crippen molar-refractivity contribution in [1.29, 1.82) is 0 Å². The van der Waals surface area contributed by atoms with Gasteiger partial charge in [0.25, 0.3) is 0 Å². The Morgan fingerprint density at radius 3 is 2.37 bits per heavy atom. The standard InChI is InChI=1S/C30H27NO4/c1-18-25(28-24(34-28)17-12-19-8-4-2-5-9-19)29(35-31-18)27-23(30(32)33)16-15-22(26(27)21-13-14-21)20-10-6-3-7-11-20/h2-11,15-16,21,24,28H,12-14,17H2,1H3,(H,32,33). The average Bonchev–Trinajstić information content (AvgIpc) is 3.82. The van der Waals surface area contributed by atoms with Crippen molar-refractivity contribution in [1.82, 2.24) is 5.16 Å². The second-order valence-electron chi connectivity index (χ2n) is 9.53. The van der Waals surface area contributed by atoms with Crippen LogP contribution in [0.1, 0.15) is 64.0 Å². The molecule has 5 nitrogen and oxygen atoms in total. The monoisotopic (exact) mass is 465 g/mol. The average molecular weight is 466 g/mol. The molecule has 1 saturated heterocycles. The van der Waals surface area contributed by atoms with Gasteiger partial charge in [-0.15, -0.1) is 0 Å². The number of aromatic carboxylic acids is 1. The number of ether oxygens (including phenoxy) is 1. The van der Waals surface area contributed by atoms with Gasteiger partial charge >= 0.3 is 5.97 Å². The van der Waals surface area contributed by atoms with Gasteiger partial charge in [0.1, 0.15) is 6.10 Å². The maximum atomic E-state index is 12.4. The minimum Gasteiger partial charge on any atom is -0.478 e. The fourth-order valence-electron chi connectivity index (χ4n) is 5.17. The SMILES string of the molecule is Cc1noc(-c2c(C(=O)O)ccc(-c3ccccc3)c2C2CC2)c1C1OC1CCc1ccccc1. The Morgan fingerprint density at radius 1 is 0.971 bits per heavy atom. The van der Waals surface area contributed by atoms with Crippen LogP contribution in [0.3, 0.4) is 0 Å². The number of aryl methyl sites for hydroxylation is 2. The first-order valence-electron chi connectivity index (χ1n) is 12.2. The van der Waals surface area contributed by atoms with Gasteiger partial charge in [0, 0.05) is 5.56 Å². The van der Waals surface area contributed by atoms with Crippen molar-refractivity contribution in [3.8, 4) is 22.5 Å². The lowest BCUT2D eigenvalue weighted by Crippen LogP contribution is -2.05. The van der Waals surface area contributed by atoms with E-state index in [2.05, 4.69) is 41.6 Å². The molecule has 2 atom stereocenters. The Labute approximate surface area is 204 Å². The Kier molecular flexibility index (Phi) is 5.50. The summed E-state index contributed by atoms with van der Waals surface area (Å²) in [4.78, 5) is 12.4. The molecule has 6 rings (SSSR count). The van der Waals surface area contributed by atoms with Crippen LogP contribution in [0.15, 0.2) is 77.3 Å². The number of carboxylic acids is 1. The van der Waals surface area contributed by atoms with E-state index in [9.17, 15) is 9.90 Å². The van der Waals surface area contributed by atoms with Gasteiger partial charge in [0.15, 0.2) is 5.76 Å². The predicted molar refractivity (Wildman–Crippen MR) is 133 cm³/mol. The van der Waals surface area contributed by atoms with Gasteiger partial charge in [-0.1, -0.05) is 71.9 Å². The third-order valence-electron chi connectivity index (χ3n) is 7.11. The lowest BCUT2D eigenvalue weighted by atomic mass is 9.86. The first-order valence-corrected chi connectivity index (χ1v) is 12.2. The van der Waals surface area contributed by atoms with Gasteiger partial charge in [0.2, 0.25) is 0 Å². The summed E-state index contributed by atoms with van der Waals surface area (Å²) in [6.07, 6.45) is 3.84. The number of aromatic nitrogens is 1. The summed E-state index contributed by atoms with van der Waals surface area (Å²) in [5.74, 6) is -0.0996. The van der Waals surface area contributed by atoms with Crippen molar-refractivity contribution in [2.24, 2.45) is 0 Å². The highest BCUT2D eigenvalue weighted by Crippen LogP contribution is 2.53. The smallest absolute Gasteiger partial charge is 0.336 e. The zero-order valence-electron chi connectivity index (χ0n) is 19.6. The second-order valence-corrected chi connectivity index (χ2v) is 9.53. The minimum absolute atomic E-state index is 0.0713. The van der Waals surface area contributed by atoms with Crippen LogP contribution in [0.4, 0.5) is 0 Å². The number of benzene rings is 3. The maximum Gasteiger partial charge on any atom is 0.336 e. The molecule has 1 saturated carbocycles. The predicted octanol–water partition coefficient (Wildman–Crippen LogP) is 6.97. The molecule has 35 heavy (non-hydrogen) atoms. The fourth-order valence-corrected chi connectivity index (χ4v) is 5.17. The number of rotatable bonds is 8. The van der Waals surface area contributed by atoms with E-state index >= 15 is 0 Å². The summed E-state index contributed by atoms with van der Waals surface area (Å²) in [7, 11) is 0. The summed E-state index contributed by atoms with van der Waals surface area (Å²) < 4.78 is 12.0. The van der Waals surface area contributed by atoms with Crippen molar-refractivity contribution in [2.75, 3.05) is 0 Å². The number of nitrogens with zero attached hydrogens (tertiary/aromatic N) is 1. The Morgan fingerprint density at radius 2 is 1.69 bits per heavy atom. The van der Waals surface area contributed by atoms with Gasteiger partial charge in [-0.05, 0) is 66.8 Å². The van der Waals surface area contributed by atoms with Gasteiger partial charge in [0.05, 0.1) is 22.9 Å². The van der Waals surface area contributed by atoms with Crippen molar-refractivity contribution in [2.45, 2.75) is 50.7 Å². The minimum atomic E-state index is -0.959. The molecule has 1 aliphatic carbocycles. The fraction of sp³-hybridized carbons (Fsp3) is 0.267. The van der Waals surface area contributed by atoms with Crippen molar-refractivity contribution >= 4 is 5.97 Å². The normalized spacial score (nSPS) is 19.0. The van der Waals surface area contributed by atoms with Crippen LogP contribution < -0.4 is 0 Å². The molecule has 3 aromatic carbocycles. The van der Waals surface area contributed by atoms with Crippen LogP contribution in [0.2, 0.25) is 0 Å². The highest BCUT2D eigenvalue weighted by atomic mass is 16.6. The first-order chi connectivity index (χ1) is 17.1. The van der Waals surface area contributed by atoms with Crippen molar-refractivity contribution < 1.29 is 19.2 Å². The molecule has 5 heteroatoms. The van der Waals surface area contributed by atoms with Crippen molar-refractivity contribution in [3.63, 3.8) is 0 Å². The molecule has 1 N–H and O–H groups in total. The number of carbonyl (C=O) groups is 1. The molecule has 0 radical (unpaired) electrons. The van der Waals surface area contributed by atoms with Crippen LogP contribution >= 0.6 is 0 Å². The Hall–Kier alpha value is -3.70. The zero-order chi connectivity index (χ0) is 23.9. The van der Waals surface area contributed by atoms with Crippen LogP contribution in [0.25, 0.3) is 22.5 Å².